The van der Waals surface area contributed by atoms with Crippen molar-refractivity contribution in [2.45, 2.75) is 31.5 Å². The van der Waals surface area contributed by atoms with Crippen LogP contribution in [0, 0.1) is 0 Å². The number of halogens is 7. The number of ether oxygens (including phenoxy) is 1. The average Bonchev–Trinajstić information content (AvgIpc) is 3.14. The summed E-state index contributed by atoms with van der Waals surface area (Å²) in [6.07, 6.45) is -5.67. The van der Waals surface area contributed by atoms with Crippen molar-refractivity contribution in [1.82, 2.24) is 10.3 Å². The molecule has 2 aromatic rings. The van der Waals surface area contributed by atoms with Crippen LogP contribution in [0.15, 0.2) is 48.8 Å². The van der Waals surface area contributed by atoms with E-state index in [9.17, 15) is 31.1 Å². The highest BCUT2D eigenvalue weighted by molar-refractivity contribution is 6.33. The summed E-state index contributed by atoms with van der Waals surface area (Å²) in [7, 11) is 0. The van der Waals surface area contributed by atoms with Crippen LogP contribution in [-0.4, -0.2) is 23.3 Å². The van der Waals surface area contributed by atoms with E-state index in [4.69, 9.17) is 11.6 Å². The first-order chi connectivity index (χ1) is 14.5. The third-order valence-electron chi connectivity index (χ3n) is 4.31. The Morgan fingerprint density at radius 3 is 2.58 bits per heavy atom. The number of alkyl halides is 6. The molecule has 3 rings (SSSR count). The quantitative estimate of drug-likeness (QED) is 0.627. The van der Waals surface area contributed by atoms with Gasteiger partial charge in [-0.2, -0.15) is 13.2 Å². The second-order valence-corrected chi connectivity index (χ2v) is 6.85. The van der Waals surface area contributed by atoms with Gasteiger partial charge in [-0.1, -0.05) is 35.9 Å². The van der Waals surface area contributed by atoms with Gasteiger partial charge in [0.15, 0.2) is 5.82 Å². The molecule has 0 aliphatic carbocycles. The summed E-state index contributed by atoms with van der Waals surface area (Å²) in [6, 6.07) is 5.13. The van der Waals surface area contributed by atoms with Gasteiger partial charge in [0, 0.05) is 24.5 Å². The molecule has 0 fully saturated rings. The number of nitrogens with zero attached hydrogens (tertiary/aromatic N) is 2. The molecule has 0 spiro atoms. The topological polar surface area (TPSA) is 54.5 Å². The molecule has 1 aliphatic rings. The number of anilines is 1. The van der Waals surface area contributed by atoms with Crippen LogP contribution in [0.5, 0.6) is 5.75 Å². The number of nitrogens with one attached hydrogen (secondary N) is 1. The number of pyridine rings is 1. The Labute approximate surface area is 177 Å². The van der Waals surface area contributed by atoms with Crippen molar-refractivity contribution >= 4 is 23.3 Å². The van der Waals surface area contributed by atoms with Crippen molar-refractivity contribution < 1.29 is 35.9 Å². The Kier molecular flexibility index (Phi) is 6.35. The molecule has 1 unspecified atom stereocenters. The molecule has 0 saturated heterocycles. The SMILES string of the molecule is O=C(NCc1ccccc1OC(F)(F)F)C1CC=CN1c1ncc(C(F)(F)F)cc1Cl. The Morgan fingerprint density at radius 1 is 1.23 bits per heavy atom. The van der Waals surface area contributed by atoms with Gasteiger partial charge in [0.2, 0.25) is 5.91 Å². The summed E-state index contributed by atoms with van der Waals surface area (Å²) in [5, 5.41) is 2.20. The minimum absolute atomic E-state index is 0.0515. The van der Waals surface area contributed by atoms with Crippen molar-refractivity contribution in [2.24, 2.45) is 0 Å². The van der Waals surface area contributed by atoms with Crippen LogP contribution >= 0.6 is 11.6 Å². The van der Waals surface area contributed by atoms with E-state index in [0.717, 1.165) is 6.07 Å². The second-order valence-electron chi connectivity index (χ2n) is 6.44. The number of para-hydroxylation sites is 1. The highest BCUT2D eigenvalue weighted by Gasteiger charge is 2.35. The zero-order valence-corrected chi connectivity index (χ0v) is 16.2. The molecule has 1 aromatic carbocycles. The van der Waals surface area contributed by atoms with Gasteiger partial charge in [-0.3, -0.25) is 4.79 Å². The molecule has 1 N–H and O–H groups in total. The Hall–Kier alpha value is -2.95. The molecule has 1 aliphatic heterocycles. The minimum atomic E-state index is -4.89. The van der Waals surface area contributed by atoms with E-state index in [1.165, 1.54) is 29.3 Å². The molecule has 1 atom stereocenters. The summed E-state index contributed by atoms with van der Waals surface area (Å²) in [4.78, 5) is 17.7. The first kappa shape index (κ1) is 22.7. The van der Waals surface area contributed by atoms with Gasteiger partial charge in [-0.05, 0) is 18.6 Å². The van der Waals surface area contributed by atoms with Gasteiger partial charge in [-0.15, -0.1) is 13.2 Å². The molecule has 31 heavy (non-hydrogen) atoms. The lowest BCUT2D eigenvalue weighted by Gasteiger charge is -2.25. The first-order valence-electron chi connectivity index (χ1n) is 8.75. The molecular formula is C19H14ClF6N3O2. The number of carbonyl (C=O) groups is 1. The van der Waals surface area contributed by atoms with E-state index in [1.54, 1.807) is 6.08 Å². The number of carbonyl (C=O) groups excluding carboxylic acids is 1. The van der Waals surface area contributed by atoms with Crippen LogP contribution in [0.2, 0.25) is 5.02 Å². The Morgan fingerprint density at radius 2 is 1.94 bits per heavy atom. The van der Waals surface area contributed by atoms with Gasteiger partial charge in [0.1, 0.15) is 11.8 Å². The van der Waals surface area contributed by atoms with Crippen molar-refractivity contribution in [3.63, 3.8) is 0 Å². The van der Waals surface area contributed by atoms with Crippen LogP contribution in [0.4, 0.5) is 32.2 Å². The van der Waals surface area contributed by atoms with E-state index >= 15 is 0 Å². The highest BCUT2D eigenvalue weighted by Crippen LogP contribution is 2.35. The van der Waals surface area contributed by atoms with Gasteiger partial charge >= 0.3 is 12.5 Å². The molecule has 0 radical (unpaired) electrons. The maximum Gasteiger partial charge on any atom is 0.573 e. The number of benzene rings is 1. The molecule has 5 nitrogen and oxygen atoms in total. The Bertz CT molecular complexity index is 993. The van der Waals surface area contributed by atoms with Gasteiger partial charge in [-0.25, -0.2) is 4.98 Å². The molecule has 166 valence electrons. The van der Waals surface area contributed by atoms with Crippen molar-refractivity contribution in [3.05, 3.63) is 65.0 Å². The van der Waals surface area contributed by atoms with E-state index in [2.05, 4.69) is 15.0 Å². The van der Waals surface area contributed by atoms with Gasteiger partial charge < -0.3 is 15.0 Å². The second kappa shape index (κ2) is 8.66. The number of rotatable bonds is 5. The summed E-state index contributed by atoms with van der Waals surface area (Å²) in [5.74, 6) is -1.09. The zero-order valence-electron chi connectivity index (χ0n) is 15.5. The predicted octanol–water partition coefficient (Wildman–Crippen LogP) is 5.06. The fourth-order valence-electron chi connectivity index (χ4n) is 2.92. The summed E-state index contributed by atoms with van der Waals surface area (Å²) >= 11 is 5.95. The van der Waals surface area contributed by atoms with Crippen molar-refractivity contribution in [2.75, 3.05) is 4.90 Å². The minimum Gasteiger partial charge on any atom is -0.405 e. The van der Waals surface area contributed by atoms with Crippen LogP contribution in [0.1, 0.15) is 17.5 Å². The van der Waals surface area contributed by atoms with E-state index in [-0.39, 0.29) is 29.4 Å². The molecule has 1 aromatic heterocycles. The van der Waals surface area contributed by atoms with Crippen LogP contribution in [-0.2, 0) is 17.5 Å². The third-order valence-corrected chi connectivity index (χ3v) is 4.59. The lowest BCUT2D eigenvalue weighted by Crippen LogP contribution is -2.42. The third kappa shape index (κ3) is 5.60. The molecule has 12 heteroatoms. The van der Waals surface area contributed by atoms with E-state index < -0.39 is 35.8 Å². The normalized spacial score (nSPS) is 16.5. The van der Waals surface area contributed by atoms with Crippen molar-refractivity contribution in [1.29, 1.82) is 0 Å². The average molecular weight is 466 g/mol. The molecule has 0 bridgehead atoms. The standard InChI is InChI=1S/C19H14ClF6N3O2/c20-13-8-12(18(21,22)23)10-27-16(13)29-7-3-5-14(29)17(30)28-9-11-4-1-2-6-15(11)31-19(24,25)26/h1-4,6-8,10,14H,5,9H2,(H,28,30). The molecule has 1 amide bonds. The van der Waals surface area contributed by atoms with E-state index in [1.807, 2.05) is 0 Å². The smallest absolute Gasteiger partial charge is 0.405 e. The number of aromatic nitrogens is 1. The van der Waals surface area contributed by atoms with Crippen LogP contribution < -0.4 is 15.0 Å². The number of hydrogen-bond donors (Lipinski definition) is 1. The van der Waals surface area contributed by atoms with Gasteiger partial charge in [0.05, 0.1) is 10.6 Å². The van der Waals surface area contributed by atoms with Crippen LogP contribution in [0.3, 0.4) is 0 Å². The van der Waals surface area contributed by atoms with Gasteiger partial charge in [0.25, 0.3) is 0 Å². The summed E-state index contributed by atoms with van der Waals surface area (Å²) in [5.41, 5.74) is -0.942. The number of hydrogen-bond acceptors (Lipinski definition) is 4. The summed E-state index contributed by atoms with van der Waals surface area (Å²) < 4.78 is 80.0. The fraction of sp³-hybridized carbons (Fsp3) is 0.263. The molecular weight excluding hydrogens is 452 g/mol. The largest absolute Gasteiger partial charge is 0.573 e. The van der Waals surface area contributed by atoms with E-state index in [0.29, 0.717) is 12.3 Å². The van der Waals surface area contributed by atoms with Crippen molar-refractivity contribution in [3.8, 4) is 5.75 Å². The Balaban J connectivity index is 1.72. The maximum atomic E-state index is 12.8. The maximum absolute atomic E-state index is 12.8. The predicted molar refractivity (Wildman–Crippen MR) is 99.2 cm³/mol. The molecule has 0 saturated carbocycles. The fourth-order valence-corrected chi connectivity index (χ4v) is 3.19. The summed E-state index contributed by atoms with van der Waals surface area (Å²) in [6.45, 7) is -0.260. The van der Waals surface area contributed by atoms with Crippen LogP contribution in [0.25, 0.3) is 0 Å². The highest BCUT2D eigenvalue weighted by atomic mass is 35.5. The lowest BCUT2D eigenvalue weighted by atomic mass is 10.1. The number of amides is 1. The molecule has 2 heterocycles. The zero-order chi connectivity index (χ0) is 22.8. The monoisotopic (exact) mass is 465 g/mol. The first-order valence-corrected chi connectivity index (χ1v) is 9.12. The lowest BCUT2D eigenvalue weighted by molar-refractivity contribution is -0.274.